The van der Waals surface area contributed by atoms with Crippen molar-refractivity contribution in [2.24, 2.45) is 0 Å². The van der Waals surface area contributed by atoms with E-state index in [9.17, 15) is 4.79 Å². The van der Waals surface area contributed by atoms with Crippen LogP contribution in [0.15, 0.2) is 29.0 Å². The highest BCUT2D eigenvalue weighted by Crippen LogP contribution is 2.14. The number of fused-ring (bicyclic) bond motifs is 1. The monoisotopic (exact) mass is 176 g/mol. The highest BCUT2D eigenvalue weighted by Gasteiger charge is 1.99. The number of oxazole rings is 1. The van der Waals surface area contributed by atoms with Crippen LogP contribution in [0.5, 0.6) is 0 Å². The second kappa shape index (κ2) is 3.26. The summed E-state index contributed by atoms with van der Waals surface area (Å²) >= 11 is 0. The predicted octanol–water partition coefficient (Wildman–Crippen LogP) is 1.41. The Morgan fingerprint density at radius 3 is 3.31 bits per heavy atom. The third-order valence-corrected chi connectivity index (χ3v) is 1.69. The van der Waals surface area contributed by atoms with Gasteiger partial charge in [-0.15, -0.1) is 0 Å². The van der Waals surface area contributed by atoms with Gasteiger partial charge in [0.05, 0.1) is 0 Å². The Morgan fingerprint density at radius 1 is 1.54 bits per heavy atom. The normalized spacial score (nSPS) is 10.2. The molecule has 0 fully saturated rings. The molecule has 0 N–H and O–H groups in total. The molecule has 1 aromatic heterocycles. The summed E-state index contributed by atoms with van der Waals surface area (Å²) in [6.07, 6.45) is 1.38. The summed E-state index contributed by atoms with van der Waals surface area (Å²) in [5.74, 6) is 0. The van der Waals surface area contributed by atoms with Gasteiger partial charge in [0.25, 0.3) is 0 Å². The fourth-order valence-electron chi connectivity index (χ4n) is 1.11. The van der Waals surface area contributed by atoms with E-state index in [2.05, 4.69) is 9.72 Å². The zero-order chi connectivity index (χ0) is 9.10. The number of hydrogen-bond donors (Lipinski definition) is 0. The average Bonchev–Trinajstić information content (AvgIpc) is 2.61. The highest BCUT2D eigenvalue weighted by atomic mass is 16.5. The number of hydrogen-bond acceptors (Lipinski definition) is 4. The van der Waals surface area contributed by atoms with Crippen LogP contribution in [0.3, 0.4) is 0 Å². The van der Waals surface area contributed by atoms with E-state index in [-0.39, 0.29) is 6.61 Å². The van der Waals surface area contributed by atoms with E-state index >= 15 is 0 Å². The lowest BCUT2D eigenvalue weighted by Gasteiger charge is -1.96. The molecule has 1 heterocycles. The highest BCUT2D eigenvalue weighted by molar-refractivity contribution is 5.72. The first-order valence-electron chi connectivity index (χ1n) is 3.71. The van der Waals surface area contributed by atoms with E-state index in [0.29, 0.717) is 0 Å². The van der Waals surface area contributed by atoms with Crippen molar-refractivity contribution >= 4 is 17.6 Å². The molecule has 1 aromatic carbocycles. The molecule has 4 heteroatoms. The fourth-order valence-corrected chi connectivity index (χ4v) is 1.11. The maximum atomic E-state index is 9.81. The van der Waals surface area contributed by atoms with E-state index in [1.807, 2.05) is 6.07 Å². The van der Waals surface area contributed by atoms with Gasteiger partial charge in [-0.2, -0.15) is 0 Å². The first-order valence-corrected chi connectivity index (χ1v) is 3.71. The van der Waals surface area contributed by atoms with Gasteiger partial charge in [0.15, 0.2) is 12.0 Å². The molecular formula is C9H6NO3. The third kappa shape index (κ3) is 1.51. The van der Waals surface area contributed by atoms with Crippen LogP contribution < -0.4 is 0 Å². The molecule has 0 unspecified atom stereocenters. The quantitative estimate of drug-likeness (QED) is 0.709. The Hall–Kier alpha value is -1.84. The third-order valence-electron chi connectivity index (χ3n) is 1.69. The van der Waals surface area contributed by atoms with Crippen LogP contribution in [0.2, 0.25) is 0 Å². The van der Waals surface area contributed by atoms with Crippen molar-refractivity contribution in [2.45, 2.75) is 6.61 Å². The summed E-state index contributed by atoms with van der Waals surface area (Å²) in [5.41, 5.74) is 2.34. The van der Waals surface area contributed by atoms with E-state index in [4.69, 9.17) is 4.42 Å². The molecule has 0 spiro atoms. The number of aromatic nitrogens is 1. The Balaban J connectivity index is 2.31. The second-order valence-electron chi connectivity index (χ2n) is 2.53. The molecule has 0 saturated heterocycles. The lowest BCUT2D eigenvalue weighted by molar-refractivity contribution is 0.267. The Labute approximate surface area is 74.1 Å². The Morgan fingerprint density at radius 2 is 2.46 bits per heavy atom. The number of carbonyl (C=O) groups excluding carboxylic acids is 1. The first kappa shape index (κ1) is 7.79. The zero-order valence-electron chi connectivity index (χ0n) is 6.69. The standard InChI is InChI=1S/C9H6NO3/c11-6-12-4-7-1-2-9-8(3-7)10-5-13-9/h1-3,5H,4H2. The Kier molecular flexibility index (Phi) is 1.96. The van der Waals surface area contributed by atoms with Crippen molar-refractivity contribution in [3.63, 3.8) is 0 Å². The van der Waals surface area contributed by atoms with Crippen molar-refractivity contribution in [1.29, 1.82) is 0 Å². The van der Waals surface area contributed by atoms with Crippen LogP contribution in [0.25, 0.3) is 11.1 Å². The zero-order valence-corrected chi connectivity index (χ0v) is 6.69. The van der Waals surface area contributed by atoms with Gasteiger partial charge in [-0.3, -0.25) is 0 Å². The topological polar surface area (TPSA) is 52.3 Å². The predicted molar refractivity (Wildman–Crippen MR) is 44.5 cm³/mol. The number of rotatable bonds is 3. The molecule has 0 bridgehead atoms. The molecule has 0 amide bonds. The Bertz CT molecular complexity index is 421. The van der Waals surface area contributed by atoms with E-state index in [0.717, 1.165) is 16.7 Å². The van der Waals surface area contributed by atoms with Crippen molar-refractivity contribution in [3.8, 4) is 0 Å². The molecular weight excluding hydrogens is 170 g/mol. The molecule has 0 saturated carbocycles. The van der Waals surface area contributed by atoms with Gasteiger partial charge in [0, 0.05) is 0 Å². The van der Waals surface area contributed by atoms with Gasteiger partial charge in [0.1, 0.15) is 12.1 Å². The van der Waals surface area contributed by atoms with Crippen LogP contribution in [0.4, 0.5) is 0 Å². The molecule has 2 rings (SSSR count). The van der Waals surface area contributed by atoms with Gasteiger partial charge in [-0.05, 0) is 17.7 Å². The molecule has 4 nitrogen and oxygen atoms in total. The summed E-state index contributed by atoms with van der Waals surface area (Å²) in [7, 11) is 0. The van der Waals surface area contributed by atoms with Crippen molar-refractivity contribution in [2.75, 3.05) is 0 Å². The SMILES string of the molecule is O=[C]OCc1ccc2ocnc2c1. The maximum absolute atomic E-state index is 9.81. The van der Waals surface area contributed by atoms with Gasteiger partial charge >= 0.3 is 6.47 Å². The molecule has 0 aliphatic carbocycles. The van der Waals surface area contributed by atoms with Crippen molar-refractivity contribution < 1.29 is 13.9 Å². The largest absolute Gasteiger partial charge is 0.452 e. The smallest absolute Gasteiger partial charge is 0.417 e. The van der Waals surface area contributed by atoms with Gasteiger partial charge in [-0.25, -0.2) is 9.78 Å². The summed E-state index contributed by atoms with van der Waals surface area (Å²) in [5, 5.41) is 0. The summed E-state index contributed by atoms with van der Waals surface area (Å²) in [6, 6.07) is 5.40. The molecule has 65 valence electrons. The summed E-state index contributed by atoms with van der Waals surface area (Å²) in [4.78, 5) is 13.8. The van der Waals surface area contributed by atoms with Crippen LogP contribution in [0.1, 0.15) is 5.56 Å². The van der Waals surface area contributed by atoms with E-state index in [1.54, 1.807) is 12.1 Å². The van der Waals surface area contributed by atoms with E-state index < -0.39 is 0 Å². The van der Waals surface area contributed by atoms with Crippen LogP contribution in [-0.2, 0) is 16.1 Å². The van der Waals surface area contributed by atoms with Crippen molar-refractivity contribution in [3.05, 3.63) is 30.2 Å². The van der Waals surface area contributed by atoms with Crippen molar-refractivity contribution in [1.82, 2.24) is 4.98 Å². The fraction of sp³-hybridized carbons (Fsp3) is 0.111. The molecule has 13 heavy (non-hydrogen) atoms. The molecule has 0 atom stereocenters. The van der Waals surface area contributed by atoms with Crippen LogP contribution in [0, 0.1) is 0 Å². The lowest BCUT2D eigenvalue weighted by Crippen LogP contribution is -1.89. The minimum Gasteiger partial charge on any atom is -0.452 e. The minimum atomic E-state index is 0.215. The lowest BCUT2D eigenvalue weighted by atomic mass is 10.2. The van der Waals surface area contributed by atoms with Gasteiger partial charge in [-0.1, -0.05) is 6.07 Å². The van der Waals surface area contributed by atoms with E-state index in [1.165, 1.54) is 12.9 Å². The number of ether oxygens (including phenoxy) is 1. The molecule has 2 aromatic rings. The molecule has 0 aliphatic heterocycles. The molecule has 0 aliphatic rings. The molecule has 1 radical (unpaired) electrons. The minimum absolute atomic E-state index is 0.215. The number of nitrogens with zero attached hydrogens (tertiary/aromatic N) is 1. The van der Waals surface area contributed by atoms with Crippen LogP contribution >= 0.6 is 0 Å². The number of benzene rings is 1. The second-order valence-corrected chi connectivity index (χ2v) is 2.53. The summed E-state index contributed by atoms with van der Waals surface area (Å²) < 4.78 is 9.53. The van der Waals surface area contributed by atoms with Crippen LogP contribution in [-0.4, -0.2) is 11.5 Å². The first-order chi connectivity index (χ1) is 6.40. The average molecular weight is 176 g/mol. The van der Waals surface area contributed by atoms with Gasteiger partial charge in [0.2, 0.25) is 0 Å². The maximum Gasteiger partial charge on any atom is 0.417 e. The summed E-state index contributed by atoms with van der Waals surface area (Å²) in [6.45, 7) is 1.58. The van der Waals surface area contributed by atoms with Gasteiger partial charge < -0.3 is 9.15 Å².